The first-order chi connectivity index (χ1) is 12.6. The van der Waals surface area contributed by atoms with Crippen LogP contribution >= 0.6 is 0 Å². The third-order valence-corrected chi connectivity index (χ3v) is 5.23. The van der Waals surface area contributed by atoms with E-state index in [1.807, 2.05) is 0 Å². The molecular weight excluding hydrogens is 328 g/mol. The number of piperidine rings is 1. The number of unbranched alkanes of at least 4 members (excludes halogenated alkanes) is 4. The van der Waals surface area contributed by atoms with E-state index in [1.54, 1.807) is 0 Å². The number of rotatable bonds is 14. The van der Waals surface area contributed by atoms with E-state index in [4.69, 9.17) is 0 Å². The summed E-state index contributed by atoms with van der Waals surface area (Å²) >= 11 is 0. The zero-order valence-corrected chi connectivity index (χ0v) is 17.1. The number of hydrogen-bond acceptors (Lipinski definition) is 4. The Morgan fingerprint density at radius 1 is 0.962 bits per heavy atom. The maximum atomic E-state index is 11.9. The second kappa shape index (κ2) is 15.0. The van der Waals surface area contributed by atoms with E-state index in [2.05, 4.69) is 21.9 Å². The summed E-state index contributed by atoms with van der Waals surface area (Å²) < 4.78 is 4.62. The molecule has 0 aromatic heterocycles. The van der Waals surface area contributed by atoms with Crippen molar-refractivity contribution in [3.8, 4) is 0 Å². The Labute approximate surface area is 160 Å². The van der Waals surface area contributed by atoms with Gasteiger partial charge < -0.3 is 15.0 Å². The van der Waals surface area contributed by atoms with Crippen LogP contribution in [0.25, 0.3) is 0 Å². The van der Waals surface area contributed by atoms with Gasteiger partial charge in [0, 0.05) is 25.9 Å². The van der Waals surface area contributed by atoms with Crippen molar-refractivity contribution in [2.45, 2.75) is 84.0 Å². The standard InChI is InChI=1S/C21H40N2O3/c1-19(18-23-16-9-6-10-17-23)12-11-13-20(24)22-15-8-5-3-4-7-14-21(25)26-2/h19H,3-18H2,1-2H3,(H,22,24). The van der Waals surface area contributed by atoms with E-state index in [-0.39, 0.29) is 11.9 Å². The van der Waals surface area contributed by atoms with Gasteiger partial charge in [0.15, 0.2) is 0 Å². The molecule has 0 aromatic rings. The molecule has 152 valence electrons. The molecule has 0 aromatic carbocycles. The van der Waals surface area contributed by atoms with Gasteiger partial charge in [0.1, 0.15) is 0 Å². The number of carbonyl (C=O) groups is 2. The summed E-state index contributed by atoms with van der Waals surface area (Å²) in [6.45, 7) is 6.80. The largest absolute Gasteiger partial charge is 0.469 e. The summed E-state index contributed by atoms with van der Waals surface area (Å²) in [5, 5.41) is 3.03. The molecule has 1 heterocycles. The predicted molar refractivity (Wildman–Crippen MR) is 106 cm³/mol. The molecule has 1 atom stereocenters. The van der Waals surface area contributed by atoms with Gasteiger partial charge in [-0.3, -0.25) is 9.59 Å². The van der Waals surface area contributed by atoms with Gasteiger partial charge in [0.05, 0.1) is 7.11 Å². The number of nitrogens with zero attached hydrogens (tertiary/aromatic N) is 1. The van der Waals surface area contributed by atoms with E-state index in [0.717, 1.165) is 51.5 Å². The van der Waals surface area contributed by atoms with Gasteiger partial charge in [-0.15, -0.1) is 0 Å². The molecule has 1 fully saturated rings. The molecule has 1 N–H and O–H groups in total. The fourth-order valence-electron chi connectivity index (χ4n) is 3.63. The zero-order valence-electron chi connectivity index (χ0n) is 17.1. The monoisotopic (exact) mass is 368 g/mol. The van der Waals surface area contributed by atoms with Crippen LogP contribution in [-0.4, -0.2) is 50.1 Å². The first kappa shape index (κ1) is 22.9. The van der Waals surface area contributed by atoms with Crippen LogP contribution in [0.4, 0.5) is 0 Å². The Morgan fingerprint density at radius 2 is 1.65 bits per heavy atom. The van der Waals surface area contributed by atoms with Crippen molar-refractivity contribution in [3.63, 3.8) is 0 Å². The minimum atomic E-state index is -0.123. The molecule has 1 amide bonds. The summed E-state index contributed by atoms with van der Waals surface area (Å²) in [7, 11) is 1.43. The molecule has 1 saturated heterocycles. The minimum absolute atomic E-state index is 0.123. The van der Waals surface area contributed by atoms with Gasteiger partial charge in [0.25, 0.3) is 0 Å². The second-order valence-corrected chi connectivity index (χ2v) is 7.80. The molecule has 1 rings (SSSR count). The average Bonchev–Trinajstić information content (AvgIpc) is 2.64. The number of nitrogens with one attached hydrogen (secondary N) is 1. The molecule has 0 saturated carbocycles. The quantitative estimate of drug-likeness (QED) is 0.373. The number of esters is 1. The smallest absolute Gasteiger partial charge is 0.305 e. The van der Waals surface area contributed by atoms with Gasteiger partial charge >= 0.3 is 5.97 Å². The van der Waals surface area contributed by atoms with Crippen molar-refractivity contribution in [2.24, 2.45) is 5.92 Å². The molecule has 0 aliphatic carbocycles. The lowest BCUT2D eigenvalue weighted by Crippen LogP contribution is -2.33. The highest BCUT2D eigenvalue weighted by molar-refractivity contribution is 5.75. The van der Waals surface area contributed by atoms with Crippen molar-refractivity contribution in [2.75, 3.05) is 33.3 Å². The number of hydrogen-bond donors (Lipinski definition) is 1. The number of carbonyl (C=O) groups excluding carboxylic acids is 2. The normalized spacial score (nSPS) is 16.2. The van der Waals surface area contributed by atoms with Crippen LogP contribution in [0, 0.1) is 5.92 Å². The summed E-state index contributed by atoms with van der Waals surface area (Å²) in [4.78, 5) is 25.4. The van der Waals surface area contributed by atoms with Crippen LogP contribution in [0.15, 0.2) is 0 Å². The Hall–Kier alpha value is -1.10. The van der Waals surface area contributed by atoms with Gasteiger partial charge in [-0.25, -0.2) is 0 Å². The fraction of sp³-hybridized carbons (Fsp3) is 0.905. The SMILES string of the molecule is COC(=O)CCCCCCCNC(=O)CCCC(C)CN1CCCCC1. The van der Waals surface area contributed by atoms with Crippen molar-refractivity contribution in [1.82, 2.24) is 10.2 Å². The Kier molecular flexibility index (Phi) is 13.2. The summed E-state index contributed by atoms with van der Waals surface area (Å²) in [6, 6.07) is 0. The van der Waals surface area contributed by atoms with Gasteiger partial charge in [0.2, 0.25) is 5.91 Å². The van der Waals surface area contributed by atoms with E-state index >= 15 is 0 Å². The van der Waals surface area contributed by atoms with Crippen molar-refractivity contribution >= 4 is 11.9 Å². The number of ether oxygens (including phenoxy) is 1. The topological polar surface area (TPSA) is 58.6 Å². The molecule has 0 radical (unpaired) electrons. The Balaban J connectivity index is 1.88. The zero-order chi connectivity index (χ0) is 19.0. The highest BCUT2D eigenvalue weighted by Crippen LogP contribution is 2.14. The summed E-state index contributed by atoms with van der Waals surface area (Å²) in [5.74, 6) is 0.759. The molecule has 1 aliphatic rings. The van der Waals surface area contributed by atoms with Crippen molar-refractivity contribution < 1.29 is 14.3 Å². The lowest BCUT2D eigenvalue weighted by atomic mass is 10.0. The number of amides is 1. The lowest BCUT2D eigenvalue weighted by molar-refractivity contribution is -0.140. The maximum absolute atomic E-state index is 11.9. The highest BCUT2D eigenvalue weighted by Gasteiger charge is 2.13. The minimum Gasteiger partial charge on any atom is -0.469 e. The predicted octanol–water partition coefficient (Wildman–Crippen LogP) is 3.91. The molecule has 26 heavy (non-hydrogen) atoms. The first-order valence-electron chi connectivity index (χ1n) is 10.7. The highest BCUT2D eigenvalue weighted by atomic mass is 16.5. The average molecular weight is 369 g/mol. The van der Waals surface area contributed by atoms with Gasteiger partial charge in [-0.05, 0) is 57.5 Å². The van der Waals surface area contributed by atoms with Crippen LogP contribution in [0.3, 0.4) is 0 Å². The number of likely N-dealkylation sites (tertiary alicyclic amines) is 1. The van der Waals surface area contributed by atoms with Gasteiger partial charge in [-0.2, -0.15) is 0 Å². The number of methoxy groups -OCH3 is 1. The lowest BCUT2D eigenvalue weighted by Gasteiger charge is -2.29. The Morgan fingerprint density at radius 3 is 2.38 bits per heavy atom. The molecule has 0 bridgehead atoms. The van der Waals surface area contributed by atoms with E-state index < -0.39 is 0 Å². The molecule has 5 nitrogen and oxygen atoms in total. The second-order valence-electron chi connectivity index (χ2n) is 7.80. The van der Waals surface area contributed by atoms with E-state index in [1.165, 1.54) is 46.0 Å². The molecular formula is C21H40N2O3. The molecule has 1 unspecified atom stereocenters. The van der Waals surface area contributed by atoms with Crippen molar-refractivity contribution in [1.29, 1.82) is 0 Å². The summed E-state index contributed by atoms with van der Waals surface area (Å²) in [5.41, 5.74) is 0. The van der Waals surface area contributed by atoms with Crippen molar-refractivity contribution in [3.05, 3.63) is 0 Å². The van der Waals surface area contributed by atoms with Crippen LogP contribution in [-0.2, 0) is 14.3 Å². The van der Waals surface area contributed by atoms with Crippen LogP contribution < -0.4 is 5.32 Å². The Bertz CT molecular complexity index is 381. The summed E-state index contributed by atoms with van der Waals surface area (Å²) in [6.07, 6.45) is 12.6. The molecule has 1 aliphatic heterocycles. The molecule has 0 spiro atoms. The third kappa shape index (κ3) is 12.3. The third-order valence-electron chi connectivity index (χ3n) is 5.23. The molecule has 5 heteroatoms. The van der Waals surface area contributed by atoms with E-state index in [9.17, 15) is 9.59 Å². The fourth-order valence-corrected chi connectivity index (χ4v) is 3.63. The maximum Gasteiger partial charge on any atom is 0.305 e. The van der Waals surface area contributed by atoms with Gasteiger partial charge in [-0.1, -0.05) is 32.6 Å². The van der Waals surface area contributed by atoms with E-state index in [0.29, 0.717) is 18.8 Å². The first-order valence-corrected chi connectivity index (χ1v) is 10.7. The van der Waals surface area contributed by atoms with Crippen LogP contribution in [0.2, 0.25) is 0 Å². The van der Waals surface area contributed by atoms with Crippen LogP contribution in [0.1, 0.15) is 84.0 Å². The van der Waals surface area contributed by atoms with Crippen LogP contribution in [0.5, 0.6) is 0 Å².